The second-order valence-electron chi connectivity index (χ2n) is 2.71. The molecule has 0 heterocycles. The van der Waals surface area contributed by atoms with E-state index in [4.69, 9.17) is 5.41 Å². The lowest BCUT2D eigenvalue weighted by Crippen LogP contribution is -1.94. The van der Waals surface area contributed by atoms with Gasteiger partial charge < -0.3 is 5.41 Å². The summed E-state index contributed by atoms with van der Waals surface area (Å²) >= 11 is 0. The summed E-state index contributed by atoms with van der Waals surface area (Å²) in [5, 5.41) is 7.52. The Morgan fingerprint density at radius 1 is 1.33 bits per heavy atom. The van der Waals surface area contributed by atoms with Gasteiger partial charge in [-0.1, -0.05) is 36.4 Å². The van der Waals surface area contributed by atoms with Gasteiger partial charge in [-0.05, 0) is 19.4 Å². The Bertz CT molecular complexity index is 311. The predicted octanol–water partition coefficient (Wildman–Crippen LogP) is 3.11. The van der Waals surface area contributed by atoms with Gasteiger partial charge in [0, 0.05) is 11.3 Å². The van der Waals surface area contributed by atoms with E-state index in [2.05, 4.69) is 0 Å². The second-order valence-corrected chi connectivity index (χ2v) is 2.71. The molecule has 1 nitrogen and oxygen atoms in total. The smallest absolute Gasteiger partial charge is 0.0361 e. The van der Waals surface area contributed by atoms with Crippen LogP contribution in [-0.4, -0.2) is 5.71 Å². The summed E-state index contributed by atoms with van der Waals surface area (Å²) in [6, 6.07) is 7.94. The van der Waals surface area contributed by atoms with Crippen LogP contribution in [0.15, 0.2) is 30.3 Å². The van der Waals surface area contributed by atoms with Crippen LogP contribution in [0.1, 0.15) is 25.0 Å². The molecule has 0 atom stereocenters. The zero-order chi connectivity index (χ0) is 8.97. The van der Waals surface area contributed by atoms with Crippen molar-refractivity contribution in [2.45, 2.75) is 13.8 Å². The van der Waals surface area contributed by atoms with Crippen LogP contribution in [0.5, 0.6) is 0 Å². The van der Waals surface area contributed by atoms with Crippen molar-refractivity contribution in [2.24, 2.45) is 0 Å². The molecule has 1 N–H and O–H groups in total. The third-order valence-electron chi connectivity index (χ3n) is 1.71. The molecule has 12 heavy (non-hydrogen) atoms. The van der Waals surface area contributed by atoms with E-state index < -0.39 is 0 Å². The van der Waals surface area contributed by atoms with Gasteiger partial charge in [-0.3, -0.25) is 0 Å². The number of nitrogens with one attached hydrogen (secondary N) is 1. The van der Waals surface area contributed by atoms with Gasteiger partial charge in [0.2, 0.25) is 0 Å². The molecule has 0 amide bonds. The summed E-state index contributed by atoms with van der Waals surface area (Å²) in [7, 11) is 0. The van der Waals surface area contributed by atoms with Crippen LogP contribution in [0.2, 0.25) is 0 Å². The van der Waals surface area contributed by atoms with E-state index >= 15 is 0 Å². The predicted molar refractivity (Wildman–Crippen MR) is 53.7 cm³/mol. The largest absolute Gasteiger partial charge is 0.305 e. The molecule has 0 spiro atoms. The summed E-state index contributed by atoms with van der Waals surface area (Å²) in [6.45, 7) is 3.79. The topological polar surface area (TPSA) is 23.9 Å². The van der Waals surface area contributed by atoms with Crippen LogP contribution in [0.4, 0.5) is 0 Å². The average molecular weight is 159 g/mol. The summed E-state index contributed by atoms with van der Waals surface area (Å²) in [5.74, 6) is 0. The lowest BCUT2D eigenvalue weighted by Gasteiger charge is -2.02. The number of hydrogen-bond donors (Lipinski definition) is 1. The molecule has 0 aliphatic heterocycles. The second kappa shape index (κ2) is 3.86. The third-order valence-corrected chi connectivity index (χ3v) is 1.71. The number of rotatable bonds is 2. The van der Waals surface area contributed by atoms with E-state index in [9.17, 15) is 0 Å². The molecule has 0 radical (unpaired) electrons. The fourth-order valence-electron chi connectivity index (χ4n) is 1.16. The number of hydrogen-bond acceptors (Lipinski definition) is 1. The van der Waals surface area contributed by atoms with Gasteiger partial charge in [-0.25, -0.2) is 0 Å². The number of allylic oxidation sites excluding steroid dienone is 1. The Labute approximate surface area is 73.3 Å². The molecule has 0 bridgehead atoms. The maximum absolute atomic E-state index is 7.52. The summed E-state index contributed by atoms with van der Waals surface area (Å²) in [5.41, 5.74) is 2.74. The van der Waals surface area contributed by atoms with Gasteiger partial charge >= 0.3 is 0 Å². The van der Waals surface area contributed by atoms with E-state index in [0.29, 0.717) is 5.71 Å². The highest BCUT2D eigenvalue weighted by atomic mass is 14.4. The lowest BCUT2D eigenvalue weighted by atomic mass is 10.0. The highest BCUT2D eigenvalue weighted by Crippen LogP contribution is 2.10. The molecule has 1 aromatic carbocycles. The molecular weight excluding hydrogens is 146 g/mol. The lowest BCUT2D eigenvalue weighted by molar-refractivity contribution is 1.44. The average Bonchev–Trinajstić information content (AvgIpc) is 2.05. The molecule has 1 heteroatoms. The van der Waals surface area contributed by atoms with Crippen molar-refractivity contribution in [1.29, 1.82) is 5.41 Å². The number of benzene rings is 1. The molecular formula is C11H13N. The molecule has 62 valence electrons. The normalized spacial score (nSPS) is 10.5. The van der Waals surface area contributed by atoms with E-state index in [-0.39, 0.29) is 0 Å². The van der Waals surface area contributed by atoms with E-state index in [1.807, 2.05) is 50.3 Å². The highest BCUT2D eigenvalue weighted by molar-refractivity contribution is 5.99. The molecule has 0 aliphatic rings. The van der Waals surface area contributed by atoms with Crippen molar-refractivity contribution in [2.75, 3.05) is 0 Å². The summed E-state index contributed by atoms with van der Waals surface area (Å²) < 4.78 is 0. The molecule has 0 aromatic heterocycles. The minimum absolute atomic E-state index is 0.615. The van der Waals surface area contributed by atoms with Crippen LogP contribution < -0.4 is 0 Å². The Kier molecular flexibility index (Phi) is 2.81. The minimum Gasteiger partial charge on any atom is -0.305 e. The molecule has 0 saturated heterocycles. The van der Waals surface area contributed by atoms with Gasteiger partial charge in [0.1, 0.15) is 0 Å². The minimum atomic E-state index is 0.615. The van der Waals surface area contributed by atoms with Gasteiger partial charge in [0.25, 0.3) is 0 Å². The van der Waals surface area contributed by atoms with Crippen LogP contribution in [-0.2, 0) is 0 Å². The van der Waals surface area contributed by atoms with Crippen LogP contribution >= 0.6 is 0 Å². The fourth-order valence-corrected chi connectivity index (χ4v) is 1.16. The third kappa shape index (κ3) is 1.82. The summed E-state index contributed by atoms with van der Waals surface area (Å²) in [6.07, 6.45) is 4.01. The van der Waals surface area contributed by atoms with E-state index in [0.717, 1.165) is 11.1 Å². The quantitative estimate of drug-likeness (QED) is 0.641. The first-order valence-electron chi connectivity index (χ1n) is 4.03. The van der Waals surface area contributed by atoms with Crippen molar-refractivity contribution < 1.29 is 0 Å². The van der Waals surface area contributed by atoms with Crippen molar-refractivity contribution >= 4 is 11.8 Å². The maximum atomic E-state index is 7.52. The Morgan fingerprint density at radius 3 is 2.58 bits per heavy atom. The highest BCUT2D eigenvalue weighted by Gasteiger charge is 1.98. The van der Waals surface area contributed by atoms with Gasteiger partial charge in [-0.15, -0.1) is 0 Å². The standard InChI is InChI=1S/C11H13N/c1-3-6-10-7-4-5-8-11(10)9(2)12/h3-8,12H,1-2H3/b6-3-,12-9?. The molecule has 0 unspecified atom stereocenters. The summed E-state index contributed by atoms with van der Waals surface area (Å²) in [4.78, 5) is 0. The van der Waals surface area contributed by atoms with Crippen molar-refractivity contribution in [3.63, 3.8) is 0 Å². The Balaban J connectivity index is 3.17. The zero-order valence-corrected chi connectivity index (χ0v) is 7.46. The monoisotopic (exact) mass is 159 g/mol. The van der Waals surface area contributed by atoms with Crippen LogP contribution in [0.25, 0.3) is 6.08 Å². The zero-order valence-electron chi connectivity index (χ0n) is 7.46. The molecule has 0 fully saturated rings. The SMILES string of the molecule is C/C=C\c1ccccc1C(C)=N. The van der Waals surface area contributed by atoms with Crippen molar-refractivity contribution in [1.82, 2.24) is 0 Å². The molecule has 1 rings (SSSR count). The first kappa shape index (κ1) is 8.72. The molecule has 0 saturated carbocycles. The van der Waals surface area contributed by atoms with Crippen molar-refractivity contribution in [3.05, 3.63) is 41.5 Å². The maximum Gasteiger partial charge on any atom is 0.0361 e. The van der Waals surface area contributed by atoms with Gasteiger partial charge in [-0.2, -0.15) is 0 Å². The van der Waals surface area contributed by atoms with E-state index in [1.165, 1.54) is 0 Å². The fraction of sp³-hybridized carbons (Fsp3) is 0.182. The Morgan fingerprint density at radius 2 is 2.00 bits per heavy atom. The molecule has 0 aliphatic carbocycles. The first-order chi connectivity index (χ1) is 5.75. The Hall–Kier alpha value is -1.37. The first-order valence-corrected chi connectivity index (χ1v) is 4.03. The van der Waals surface area contributed by atoms with Crippen LogP contribution in [0, 0.1) is 5.41 Å². The van der Waals surface area contributed by atoms with Gasteiger partial charge in [0.15, 0.2) is 0 Å². The van der Waals surface area contributed by atoms with Crippen LogP contribution in [0.3, 0.4) is 0 Å². The van der Waals surface area contributed by atoms with E-state index in [1.54, 1.807) is 0 Å². The van der Waals surface area contributed by atoms with Crippen molar-refractivity contribution in [3.8, 4) is 0 Å². The molecule has 1 aromatic rings. The van der Waals surface area contributed by atoms with Gasteiger partial charge in [0.05, 0.1) is 0 Å².